The summed E-state index contributed by atoms with van der Waals surface area (Å²) in [5.74, 6) is -0.306. The van der Waals surface area contributed by atoms with Gasteiger partial charge in [0.05, 0.1) is 28.8 Å². The molecule has 2 aromatic rings. The molecule has 0 aliphatic carbocycles. The van der Waals surface area contributed by atoms with Gasteiger partial charge in [0.2, 0.25) is 15.9 Å². The smallest absolute Gasteiger partial charge is 0.244 e. The fourth-order valence-electron chi connectivity index (χ4n) is 2.69. The summed E-state index contributed by atoms with van der Waals surface area (Å²) in [5, 5.41) is 5.53. The predicted molar refractivity (Wildman–Crippen MR) is 104 cm³/mol. The summed E-state index contributed by atoms with van der Waals surface area (Å²) in [4.78, 5) is 16.5. The Balaban J connectivity index is 1.69. The minimum Gasteiger partial charge on any atom is -0.379 e. The number of sulfonamides is 1. The number of morpholine rings is 1. The molecule has 3 rings (SSSR count). The summed E-state index contributed by atoms with van der Waals surface area (Å²) in [7, 11) is -3.62. The number of carbonyl (C=O) groups is 1. The van der Waals surface area contributed by atoms with Crippen molar-refractivity contribution in [3.05, 3.63) is 52.0 Å². The van der Waals surface area contributed by atoms with Gasteiger partial charge in [-0.25, -0.2) is 13.4 Å². The Morgan fingerprint density at radius 2 is 2.07 bits per heavy atom. The van der Waals surface area contributed by atoms with E-state index in [1.807, 2.05) is 12.3 Å². The number of nitrogens with zero attached hydrogens (tertiary/aromatic N) is 2. The Kier molecular flexibility index (Phi) is 6.38. The van der Waals surface area contributed by atoms with Crippen LogP contribution >= 0.6 is 11.3 Å². The normalized spacial score (nSPS) is 15.9. The summed E-state index contributed by atoms with van der Waals surface area (Å²) in [6.07, 6.45) is 3.03. The standard InChI is InChI=1S/C18H21N3O4S2/c1-14-20-16(13-26-14)6-7-18(22)19-12-15-4-2-3-5-17(15)27(23,24)21-8-10-25-11-9-21/h2-7,13H,8-12H2,1H3,(H,19,22)/b7-6+. The molecule has 2 heterocycles. The van der Waals surface area contributed by atoms with Crippen LogP contribution in [-0.2, 0) is 26.1 Å². The van der Waals surface area contributed by atoms with E-state index in [0.717, 1.165) is 10.7 Å². The summed E-state index contributed by atoms with van der Waals surface area (Å²) >= 11 is 1.51. The van der Waals surface area contributed by atoms with Crippen molar-refractivity contribution in [2.75, 3.05) is 26.3 Å². The third-order valence-corrected chi connectivity index (χ3v) is 6.85. The second-order valence-corrected chi connectivity index (χ2v) is 8.94. The van der Waals surface area contributed by atoms with E-state index in [1.165, 1.54) is 21.7 Å². The first kappa shape index (κ1) is 19.7. The molecule has 1 amide bonds. The Labute approximate surface area is 162 Å². The molecule has 1 fully saturated rings. The molecule has 9 heteroatoms. The van der Waals surface area contributed by atoms with Crippen molar-refractivity contribution in [3.8, 4) is 0 Å². The third-order valence-electron chi connectivity index (χ3n) is 4.06. The number of hydrogen-bond acceptors (Lipinski definition) is 6. The lowest BCUT2D eigenvalue weighted by Crippen LogP contribution is -2.41. The van der Waals surface area contributed by atoms with E-state index in [2.05, 4.69) is 10.3 Å². The van der Waals surface area contributed by atoms with Crippen molar-refractivity contribution in [3.63, 3.8) is 0 Å². The second kappa shape index (κ2) is 8.75. The highest BCUT2D eigenvalue weighted by molar-refractivity contribution is 7.89. The molecule has 0 spiro atoms. The Morgan fingerprint density at radius 3 is 2.78 bits per heavy atom. The monoisotopic (exact) mass is 407 g/mol. The minimum absolute atomic E-state index is 0.124. The van der Waals surface area contributed by atoms with Crippen molar-refractivity contribution in [2.45, 2.75) is 18.4 Å². The van der Waals surface area contributed by atoms with Crippen LogP contribution in [-0.4, -0.2) is 49.9 Å². The first-order valence-electron chi connectivity index (χ1n) is 8.50. The maximum atomic E-state index is 12.9. The molecule has 1 saturated heterocycles. The zero-order chi connectivity index (χ0) is 19.3. The zero-order valence-electron chi connectivity index (χ0n) is 14.9. The minimum atomic E-state index is -3.62. The molecule has 0 radical (unpaired) electrons. The molecular formula is C18H21N3O4S2. The Morgan fingerprint density at radius 1 is 1.33 bits per heavy atom. The van der Waals surface area contributed by atoms with Gasteiger partial charge in [0.25, 0.3) is 0 Å². The average Bonchev–Trinajstić information content (AvgIpc) is 3.11. The molecule has 1 aliphatic rings. The molecule has 144 valence electrons. The predicted octanol–water partition coefficient (Wildman–Crippen LogP) is 1.80. The van der Waals surface area contributed by atoms with E-state index in [-0.39, 0.29) is 17.3 Å². The van der Waals surface area contributed by atoms with E-state index < -0.39 is 10.0 Å². The summed E-state index contributed by atoms with van der Waals surface area (Å²) in [5.41, 5.74) is 1.28. The lowest BCUT2D eigenvalue weighted by Gasteiger charge is -2.27. The molecule has 1 aliphatic heterocycles. The van der Waals surface area contributed by atoms with Gasteiger partial charge in [-0.1, -0.05) is 18.2 Å². The van der Waals surface area contributed by atoms with Crippen molar-refractivity contribution in [1.29, 1.82) is 0 Å². The Bertz CT molecular complexity index is 932. The largest absolute Gasteiger partial charge is 0.379 e. The summed E-state index contributed by atoms with van der Waals surface area (Å²) < 4.78 is 32.5. The number of thiazole rings is 1. The fraction of sp³-hybridized carbons (Fsp3) is 0.333. The van der Waals surface area contributed by atoms with Gasteiger partial charge in [-0.3, -0.25) is 4.79 Å². The molecule has 0 atom stereocenters. The van der Waals surface area contributed by atoms with Crippen molar-refractivity contribution in [1.82, 2.24) is 14.6 Å². The van der Waals surface area contributed by atoms with Crippen LogP contribution < -0.4 is 5.32 Å². The van der Waals surface area contributed by atoms with E-state index in [1.54, 1.807) is 30.3 Å². The van der Waals surface area contributed by atoms with Gasteiger partial charge in [-0.15, -0.1) is 11.3 Å². The van der Waals surface area contributed by atoms with Gasteiger partial charge in [-0.05, 0) is 24.6 Å². The number of hydrogen-bond donors (Lipinski definition) is 1. The number of benzene rings is 1. The van der Waals surface area contributed by atoms with Gasteiger partial charge < -0.3 is 10.1 Å². The van der Waals surface area contributed by atoms with Gasteiger partial charge in [0.1, 0.15) is 0 Å². The number of ether oxygens (including phenoxy) is 1. The van der Waals surface area contributed by atoms with Gasteiger partial charge in [0.15, 0.2) is 0 Å². The van der Waals surface area contributed by atoms with Crippen LogP contribution in [0.4, 0.5) is 0 Å². The van der Waals surface area contributed by atoms with Crippen LogP contribution in [0, 0.1) is 6.92 Å². The SMILES string of the molecule is Cc1nc(/C=C/C(=O)NCc2ccccc2S(=O)(=O)N2CCOCC2)cs1. The number of nitrogens with one attached hydrogen (secondary N) is 1. The van der Waals surface area contributed by atoms with Crippen molar-refractivity contribution >= 4 is 33.3 Å². The quantitative estimate of drug-likeness (QED) is 0.738. The molecule has 0 bridgehead atoms. The van der Waals surface area contributed by atoms with Crippen LogP contribution in [0.5, 0.6) is 0 Å². The number of aryl methyl sites for hydroxylation is 1. The van der Waals surface area contributed by atoms with E-state index in [4.69, 9.17) is 4.74 Å². The highest BCUT2D eigenvalue weighted by atomic mass is 32.2. The first-order chi connectivity index (χ1) is 13.0. The highest BCUT2D eigenvalue weighted by Crippen LogP contribution is 2.21. The molecule has 1 N–H and O–H groups in total. The highest BCUT2D eigenvalue weighted by Gasteiger charge is 2.28. The number of rotatable bonds is 6. The topological polar surface area (TPSA) is 88.6 Å². The Hall–Kier alpha value is -2.07. The molecule has 0 saturated carbocycles. The van der Waals surface area contributed by atoms with Gasteiger partial charge >= 0.3 is 0 Å². The molecule has 7 nitrogen and oxygen atoms in total. The second-order valence-electron chi connectivity index (χ2n) is 5.97. The van der Waals surface area contributed by atoms with E-state index in [9.17, 15) is 13.2 Å². The van der Waals surface area contributed by atoms with Gasteiger partial charge in [-0.2, -0.15) is 4.31 Å². The first-order valence-corrected chi connectivity index (χ1v) is 10.8. The maximum absolute atomic E-state index is 12.9. The molecule has 1 aromatic heterocycles. The number of carbonyl (C=O) groups excluding carboxylic acids is 1. The number of amides is 1. The van der Waals surface area contributed by atoms with Crippen molar-refractivity contribution in [2.24, 2.45) is 0 Å². The van der Waals surface area contributed by atoms with Crippen LogP contribution in [0.25, 0.3) is 6.08 Å². The number of aromatic nitrogens is 1. The maximum Gasteiger partial charge on any atom is 0.244 e. The van der Waals surface area contributed by atoms with Crippen molar-refractivity contribution < 1.29 is 17.9 Å². The van der Waals surface area contributed by atoms with Crippen LogP contribution in [0.1, 0.15) is 16.3 Å². The molecule has 0 unspecified atom stereocenters. The fourth-order valence-corrected chi connectivity index (χ4v) is 4.90. The van der Waals surface area contributed by atoms with Crippen LogP contribution in [0.3, 0.4) is 0 Å². The summed E-state index contributed by atoms with van der Waals surface area (Å²) in [6.45, 7) is 3.46. The average molecular weight is 408 g/mol. The molecule has 27 heavy (non-hydrogen) atoms. The molecule has 1 aromatic carbocycles. The lowest BCUT2D eigenvalue weighted by atomic mass is 10.2. The van der Waals surface area contributed by atoms with E-state index >= 15 is 0 Å². The molecular weight excluding hydrogens is 386 g/mol. The lowest BCUT2D eigenvalue weighted by molar-refractivity contribution is -0.116. The van der Waals surface area contributed by atoms with Crippen LogP contribution in [0.15, 0.2) is 40.6 Å². The summed E-state index contributed by atoms with van der Waals surface area (Å²) in [6, 6.07) is 6.72. The third kappa shape index (κ3) is 5.01. The van der Waals surface area contributed by atoms with Gasteiger partial charge in [0, 0.05) is 31.1 Å². The zero-order valence-corrected chi connectivity index (χ0v) is 16.6. The van der Waals surface area contributed by atoms with E-state index in [0.29, 0.717) is 31.9 Å². The van der Waals surface area contributed by atoms with Crippen LogP contribution in [0.2, 0.25) is 0 Å².